The number of nitrogens with one attached hydrogen (secondary N) is 1. The fraction of sp³-hybridized carbons (Fsp3) is 0.0625. The predicted molar refractivity (Wildman–Crippen MR) is 85.3 cm³/mol. The number of nitrogens with zero attached hydrogens (tertiary/aromatic N) is 2. The average molecular weight is 348 g/mol. The minimum absolute atomic E-state index is 0.0703. The molecule has 3 aromatic rings. The molecular formula is C16H11ClFN3O3. The Kier molecular flexibility index (Phi) is 4.72. The van der Waals surface area contributed by atoms with E-state index in [1.165, 1.54) is 24.3 Å². The standard InChI is InChI=1S/C16H11ClFN3O3/c17-11-3-7-13(8-4-11)23-9-14(22)19-16-21-20-15(24-16)10-1-5-12(18)6-2-10/h1-8H,9H2,(H,19,21,22). The number of carbonyl (C=O) groups is 1. The van der Waals surface area contributed by atoms with Crippen LogP contribution >= 0.6 is 11.6 Å². The Morgan fingerprint density at radius 2 is 1.83 bits per heavy atom. The van der Waals surface area contributed by atoms with Crippen molar-refractivity contribution in [2.45, 2.75) is 0 Å². The maximum Gasteiger partial charge on any atom is 0.322 e. The molecule has 2 aromatic carbocycles. The van der Waals surface area contributed by atoms with Gasteiger partial charge in [-0.3, -0.25) is 10.1 Å². The summed E-state index contributed by atoms with van der Waals surface area (Å²) in [7, 11) is 0. The summed E-state index contributed by atoms with van der Waals surface area (Å²) < 4.78 is 23.5. The Bertz CT molecular complexity index is 835. The second-order valence-electron chi connectivity index (χ2n) is 4.71. The predicted octanol–water partition coefficient (Wildman–Crippen LogP) is 3.55. The van der Waals surface area contributed by atoms with E-state index in [0.29, 0.717) is 16.3 Å². The molecule has 1 aromatic heterocycles. The Labute approximate surface area is 141 Å². The van der Waals surface area contributed by atoms with Crippen LogP contribution in [0.5, 0.6) is 5.75 Å². The molecule has 0 saturated heterocycles. The van der Waals surface area contributed by atoms with Crippen molar-refractivity contribution in [3.8, 4) is 17.2 Å². The van der Waals surface area contributed by atoms with Crippen LogP contribution in [0, 0.1) is 5.82 Å². The Hall–Kier alpha value is -2.93. The molecule has 8 heteroatoms. The third kappa shape index (κ3) is 4.08. The van der Waals surface area contributed by atoms with Crippen molar-refractivity contribution in [2.75, 3.05) is 11.9 Å². The van der Waals surface area contributed by atoms with E-state index in [1.807, 2.05) is 0 Å². The van der Waals surface area contributed by atoms with Gasteiger partial charge < -0.3 is 9.15 Å². The molecule has 0 unspecified atom stereocenters. The fourth-order valence-electron chi connectivity index (χ4n) is 1.82. The number of hydrogen-bond acceptors (Lipinski definition) is 5. The number of carbonyl (C=O) groups excluding carboxylic acids is 1. The number of ether oxygens (including phenoxy) is 1. The third-order valence-corrected chi connectivity index (χ3v) is 3.20. The number of benzene rings is 2. The highest BCUT2D eigenvalue weighted by atomic mass is 35.5. The lowest BCUT2D eigenvalue weighted by atomic mass is 10.2. The first-order chi connectivity index (χ1) is 11.6. The van der Waals surface area contributed by atoms with Gasteiger partial charge in [0.05, 0.1) is 0 Å². The van der Waals surface area contributed by atoms with Crippen LogP contribution in [0.3, 0.4) is 0 Å². The van der Waals surface area contributed by atoms with Crippen LogP contribution in [0.25, 0.3) is 11.5 Å². The number of aromatic nitrogens is 2. The van der Waals surface area contributed by atoms with Crippen LogP contribution in [0.15, 0.2) is 52.9 Å². The van der Waals surface area contributed by atoms with Crippen molar-refractivity contribution in [3.63, 3.8) is 0 Å². The highest BCUT2D eigenvalue weighted by molar-refractivity contribution is 6.30. The van der Waals surface area contributed by atoms with Gasteiger partial charge in [-0.05, 0) is 48.5 Å². The van der Waals surface area contributed by atoms with Crippen molar-refractivity contribution < 1.29 is 18.3 Å². The SMILES string of the molecule is O=C(COc1ccc(Cl)cc1)Nc1nnc(-c2ccc(F)cc2)o1. The van der Waals surface area contributed by atoms with E-state index in [0.717, 1.165) is 0 Å². The Morgan fingerprint density at radius 3 is 2.54 bits per heavy atom. The average Bonchev–Trinajstić information content (AvgIpc) is 3.03. The molecule has 0 aliphatic rings. The highest BCUT2D eigenvalue weighted by Crippen LogP contribution is 2.20. The number of hydrogen-bond donors (Lipinski definition) is 1. The molecule has 0 bridgehead atoms. The summed E-state index contributed by atoms with van der Waals surface area (Å²) in [5.74, 6) is -0.151. The minimum Gasteiger partial charge on any atom is -0.484 e. The van der Waals surface area contributed by atoms with E-state index in [1.54, 1.807) is 24.3 Å². The fourth-order valence-corrected chi connectivity index (χ4v) is 1.94. The summed E-state index contributed by atoms with van der Waals surface area (Å²) in [6.07, 6.45) is 0. The number of anilines is 1. The monoisotopic (exact) mass is 347 g/mol. The van der Waals surface area contributed by atoms with Gasteiger partial charge in [-0.1, -0.05) is 16.7 Å². The Morgan fingerprint density at radius 1 is 1.12 bits per heavy atom. The molecule has 0 atom stereocenters. The smallest absolute Gasteiger partial charge is 0.322 e. The molecule has 3 rings (SSSR count). The lowest BCUT2D eigenvalue weighted by molar-refractivity contribution is -0.118. The van der Waals surface area contributed by atoms with Gasteiger partial charge in [-0.25, -0.2) is 4.39 Å². The Balaban J connectivity index is 1.57. The van der Waals surface area contributed by atoms with Gasteiger partial charge in [0.25, 0.3) is 5.91 Å². The second-order valence-corrected chi connectivity index (χ2v) is 5.15. The quantitative estimate of drug-likeness (QED) is 0.763. The van der Waals surface area contributed by atoms with Crippen LogP contribution in [0.1, 0.15) is 0 Å². The van der Waals surface area contributed by atoms with Crippen molar-refractivity contribution in [1.82, 2.24) is 10.2 Å². The lowest BCUT2D eigenvalue weighted by Gasteiger charge is -2.05. The van der Waals surface area contributed by atoms with Gasteiger partial charge in [-0.15, -0.1) is 5.10 Å². The van der Waals surface area contributed by atoms with Gasteiger partial charge >= 0.3 is 6.01 Å². The lowest BCUT2D eigenvalue weighted by Crippen LogP contribution is -2.20. The molecule has 0 radical (unpaired) electrons. The maximum absolute atomic E-state index is 12.9. The van der Waals surface area contributed by atoms with Crippen molar-refractivity contribution in [1.29, 1.82) is 0 Å². The summed E-state index contributed by atoms with van der Waals surface area (Å²) >= 11 is 5.76. The highest BCUT2D eigenvalue weighted by Gasteiger charge is 2.12. The zero-order valence-corrected chi connectivity index (χ0v) is 13.0. The first kappa shape index (κ1) is 15.9. The van der Waals surface area contributed by atoms with Gasteiger partial charge in [0.1, 0.15) is 11.6 Å². The van der Waals surface area contributed by atoms with Crippen LogP contribution in [0.2, 0.25) is 5.02 Å². The van der Waals surface area contributed by atoms with Crippen LogP contribution in [-0.2, 0) is 4.79 Å². The summed E-state index contributed by atoms with van der Waals surface area (Å²) in [6.45, 7) is -0.226. The van der Waals surface area contributed by atoms with E-state index in [-0.39, 0.29) is 24.3 Å². The van der Waals surface area contributed by atoms with Gasteiger partial charge in [0.15, 0.2) is 6.61 Å². The molecule has 0 aliphatic heterocycles. The largest absolute Gasteiger partial charge is 0.484 e. The zero-order valence-electron chi connectivity index (χ0n) is 12.2. The first-order valence-corrected chi connectivity index (χ1v) is 7.25. The first-order valence-electron chi connectivity index (χ1n) is 6.88. The summed E-state index contributed by atoms with van der Waals surface area (Å²) in [6, 6.07) is 12.1. The van der Waals surface area contributed by atoms with E-state index < -0.39 is 5.91 Å². The van der Waals surface area contributed by atoms with E-state index >= 15 is 0 Å². The summed E-state index contributed by atoms with van der Waals surface area (Å²) in [4.78, 5) is 11.8. The zero-order chi connectivity index (χ0) is 16.9. The molecular weight excluding hydrogens is 337 g/mol. The van der Waals surface area contributed by atoms with Gasteiger partial charge in [0.2, 0.25) is 5.89 Å². The normalized spacial score (nSPS) is 10.4. The molecule has 1 heterocycles. The van der Waals surface area contributed by atoms with Gasteiger partial charge in [-0.2, -0.15) is 0 Å². The van der Waals surface area contributed by atoms with E-state index in [4.69, 9.17) is 20.8 Å². The van der Waals surface area contributed by atoms with E-state index in [9.17, 15) is 9.18 Å². The number of amides is 1. The minimum atomic E-state index is -0.459. The van der Waals surface area contributed by atoms with Crippen LogP contribution in [-0.4, -0.2) is 22.7 Å². The molecule has 6 nitrogen and oxygen atoms in total. The van der Waals surface area contributed by atoms with E-state index in [2.05, 4.69) is 15.5 Å². The van der Waals surface area contributed by atoms with Crippen LogP contribution < -0.4 is 10.1 Å². The molecule has 1 amide bonds. The molecule has 122 valence electrons. The maximum atomic E-state index is 12.9. The number of rotatable bonds is 5. The summed E-state index contributed by atoms with van der Waals surface area (Å²) in [5.41, 5.74) is 0.543. The number of halogens is 2. The van der Waals surface area contributed by atoms with Crippen molar-refractivity contribution in [3.05, 3.63) is 59.4 Å². The molecule has 24 heavy (non-hydrogen) atoms. The molecule has 1 N–H and O–H groups in total. The third-order valence-electron chi connectivity index (χ3n) is 2.95. The topological polar surface area (TPSA) is 77.2 Å². The second kappa shape index (κ2) is 7.10. The van der Waals surface area contributed by atoms with Gasteiger partial charge in [0, 0.05) is 10.6 Å². The van der Waals surface area contributed by atoms with Crippen molar-refractivity contribution >= 4 is 23.5 Å². The molecule has 0 aliphatic carbocycles. The molecule has 0 fully saturated rings. The van der Waals surface area contributed by atoms with Crippen LogP contribution in [0.4, 0.5) is 10.4 Å². The molecule has 0 spiro atoms. The summed E-state index contributed by atoms with van der Waals surface area (Å²) in [5, 5.41) is 10.5. The molecule has 0 saturated carbocycles. The van der Waals surface area contributed by atoms with Crippen molar-refractivity contribution in [2.24, 2.45) is 0 Å².